The van der Waals surface area contributed by atoms with Gasteiger partial charge in [0.15, 0.2) is 9.84 Å². The molecule has 4 rings (SSSR count). The molecule has 2 aliphatic carbocycles. The number of hydrogen-bond donors (Lipinski definition) is 4. The Morgan fingerprint density at radius 3 is 2.31 bits per heavy atom. The van der Waals surface area contributed by atoms with Crippen molar-refractivity contribution < 1.29 is 58.3 Å². The van der Waals surface area contributed by atoms with Gasteiger partial charge in [-0.3, -0.25) is 0 Å². The summed E-state index contributed by atoms with van der Waals surface area (Å²) in [6.45, 7) is 15.6. The first-order valence-electron chi connectivity index (χ1n) is 16.9. The number of ketones is 1. The van der Waals surface area contributed by atoms with Gasteiger partial charge in [-0.05, 0) is 0 Å². The number of amides is 5. The Labute approximate surface area is 295 Å². The number of Topliss-reactive ketones (excluding diaryl/α,β-unsaturated/α-hetero) is 1. The van der Waals surface area contributed by atoms with Crippen molar-refractivity contribution in [3.8, 4) is 0 Å². The molecule has 13 nitrogen and oxygen atoms in total. The number of rotatable bonds is 13. The van der Waals surface area contributed by atoms with Crippen molar-refractivity contribution in [2.45, 2.75) is 107 Å². The summed E-state index contributed by atoms with van der Waals surface area (Å²) in [5.41, 5.74) is -3.24. The Kier molecular flexibility index (Phi) is 12.0. The van der Waals surface area contributed by atoms with Crippen LogP contribution < -0.4 is 42.5 Å². The number of likely N-dealkylation sites (tertiary alicyclic amines) is 1. The van der Waals surface area contributed by atoms with E-state index in [0.717, 1.165) is 30.1 Å². The summed E-state index contributed by atoms with van der Waals surface area (Å²) >= 11 is -0.895. The molecule has 3 unspecified atom stereocenters. The minimum absolute atomic E-state index is 0.0530. The molecule has 48 heavy (non-hydrogen) atoms. The average Bonchev–Trinajstić information content (AvgIpc) is 3.33. The van der Waals surface area contributed by atoms with Crippen LogP contribution in [0.5, 0.6) is 0 Å². The SMILES string of the molecule is C=CCNC(=O)C(=O)C(NC(=O)[C@@H]1C2C(CN1C(=O)[C@@H](NC(=O)NC1([C@@H]3OCCS3(=O)=O)CCCCC1)C(C)(C)C)C2(C)C)[I-]CCC. The fourth-order valence-electron chi connectivity index (χ4n) is 7.58. The third-order valence-electron chi connectivity index (χ3n) is 10.3. The molecule has 2 saturated carbocycles. The normalized spacial score (nSPS) is 28.0. The van der Waals surface area contributed by atoms with E-state index in [1.807, 2.05) is 27.7 Å². The molecule has 0 aromatic carbocycles. The van der Waals surface area contributed by atoms with E-state index < -0.39 is 93.1 Å². The molecule has 6 atom stereocenters. The van der Waals surface area contributed by atoms with Gasteiger partial charge >= 0.3 is 242 Å². The molecule has 0 radical (unpaired) electrons. The summed E-state index contributed by atoms with van der Waals surface area (Å²) in [5, 5.41) is 11.2. The minimum atomic E-state index is -3.57. The third-order valence-corrected chi connectivity index (χ3v) is 15.7. The van der Waals surface area contributed by atoms with E-state index >= 15 is 0 Å². The van der Waals surface area contributed by atoms with Gasteiger partial charge in [-0.1, -0.05) is 19.3 Å². The molecule has 272 valence electrons. The van der Waals surface area contributed by atoms with E-state index in [0.29, 0.717) is 19.4 Å². The molecule has 15 heteroatoms. The Balaban J connectivity index is 1.55. The van der Waals surface area contributed by atoms with Gasteiger partial charge in [0.1, 0.15) is 0 Å². The quantitative estimate of drug-likeness (QED) is 0.0570. The molecular weight excluding hydrogens is 753 g/mol. The van der Waals surface area contributed by atoms with Crippen molar-refractivity contribution in [2.24, 2.45) is 22.7 Å². The van der Waals surface area contributed by atoms with Crippen LogP contribution in [-0.4, -0.2) is 99.8 Å². The zero-order valence-electron chi connectivity index (χ0n) is 29.0. The number of carbonyl (C=O) groups excluding carboxylic acids is 5. The first-order chi connectivity index (χ1) is 22.4. The van der Waals surface area contributed by atoms with Crippen molar-refractivity contribution >= 4 is 39.4 Å². The number of alkyl halides is 2. The second kappa shape index (κ2) is 14.9. The summed E-state index contributed by atoms with van der Waals surface area (Å²) in [5.74, 6) is -2.60. The van der Waals surface area contributed by atoms with Crippen LogP contribution in [0.1, 0.15) is 80.1 Å². The molecule has 2 aliphatic heterocycles. The maximum atomic E-state index is 14.4. The predicted molar refractivity (Wildman–Crippen MR) is 176 cm³/mol. The predicted octanol–water partition coefficient (Wildman–Crippen LogP) is -1.53. The van der Waals surface area contributed by atoms with Crippen molar-refractivity contribution in [2.75, 3.05) is 29.9 Å². The molecule has 4 fully saturated rings. The van der Waals surface area contributed by atoms with E-state index in [1.54, 1.807) is 0 Å². The zero-order valence-corrected chi connectivity index (χ0v) is 32.0. The first kappa shape index (κ1) is 38.5. The number of ether oxygens (including phenoxy) is 1. The fourth-order valence-corrected chi connectivity index (χ4v) is 11.9. The number of halogens is 1. The van der Waals surface area contributed by atoms with Gasteiger partial charge in [0, 0.05) is 0 Å². The second-order valence-electron chi connectivity index (χ2n) is 15.2. The Morgan fingerprint density at radius 2 is 1.75 bits per heavy atom. The van der Waals surface area contributed by atoms with Gasteiger partial charge in [0.25, 0.3) is 0 Å². The fraction of sp³-hybridized carbons (Fsp3) is 0.788. The van der Waals surface area contributed by atoms with E-state index in [4.69, 9.17) is 4.74 Å². The van der Waals surface area contributed by atoms with Crippen LogP contribution in [0.4, 0.5) is 4.79 Å². The molecule has 0 aromatic heterocycles. The first-order valence-corrected chi connectivity index (χ1v) is 21.4. The second-order valence-corrected chi connectivity index (χ2v) is 20.5. The molecule has 2 heterocycles. The number of sulfone groups is 1. The molecule has 4 N–H and O–H groups in total. The molecule has 0 bridgehead atoms. The monoisotopic (exact) mass is 806 g/mol. The van der Waals surface area contributed by atoms with Crippen LogP contribution in [0.25, 0.3) is 0 Å². The Bertz CT molecular complexity index is 1390. The molecule has 0 aromatic rings. The van der Waals surface area contributed by atoms with Gasteiger partial charge in [0.05, 0.1) is 12.4 Å². The number of urea groups is 1. The number of nitrogens with one attached hydrogen (secondary N) is 4. The summed E-state index contributed by atoms with van der Waals surface area (Å²) < 4.78 is 31.3. The van der Waals surface area contributed by atoms with Gasteiger partial charge in [0.2, 0.25) is 0 Å². The Morgan fingerprint density at radius 1 is 1.08 bits per heavy atom. The van der Waals surface area contributed by atoms with Crippen molar-refractivity contribution in [3.05, 3.63) is 12.7 Å². The van der Waals surface area contributed by atoms with Crippen LogP contribution in [0.2, 0.25) is 0 Å². The van der Waals surface area contributed by atoms with Crippen LogP contribution in [0.3, 0.4) is 0 Å². The standard InChI is InChI=1S/C33H53IN5O8S/c1-8-15-34-25(23(40)27(42)35-16-9-2)37-26(41)22-21-20(32(21,6)7)19-39(22)28(43)24(31(3,4)5)36-30(44)38-33(13-11-10-12-14-33)29-47-17-18-48(29,45)46/h9,20-22,24-25,29H,2,8,10-19H2,1,3-7H3,(H,35,42)(H,37,41)(H2,36,38,44)/q-1/t20?,21?,22-,24+,25?,29+/m0/s1. The van der Waals surface area contributed by atoms with Gasteiger partial charge < -0.3 is 4.74 Å². The molecule has 2 saturated heterocycles. The van der Waals surface area contributed by atoms with Crippen LogP contribution in [0.15, 0.2) is 12.7 Å². The zero-order chi connectivity index (χ0) is 35.7. The van der Waals surface area contributed by atoms with E-state index in [-0.39, 0.29) is 36.2 Å². The summed E-state index contributed by atoms with van der Waals surface area (Å²) in [4.78, 5) is 69.4. The number of nitrogens with zero attached hydrogens (tertiary/aromatic N) is 1. The number of hydrogen-bond acceptors (Lipinski definition) is 8. The van der Waals surface area contributed by atoms with Crippen LogP contribution >= 0.6 is 0 Å². The maximum absolute atomic E-state index is 14.4. The van der Waals surface area contributed by atoms with Gasteiger partial charge in [-0.2, -0.15) is 0 Å². The number of carbonyl (C=O) groups is 5. The summed E-state index contributed by atoms with van der Waals surface area (Å²) in [6.07, 6.45) is 5.55. The van der Waals surface area contributed by atoms with Crippen molar-refractivity contribution in [1.29, 1.82) is 0 Å². The molecule has 4 aliphatic rings. The molecule has 5 amide bonds. The summed E-state index contributed by atoms with van der Waals surface area (Å²) in [7, 11) is -3.57. The van der Waals surface area contributed by atoms with E-state index in [1.165, 1.54) is 11.0 Å². The topological polar surface area (TPSA) is 180 Å². The average molecular weight is 807 g/mol. The van der Waals surface area contributed by atoms with Crippen LogP contribution in [-0.2, 0) is 33.8 Å². The van der Waals surface area contributed by atoms with Gasteiger partial charge in [-0.15, -0.1) is 0 Å². The van der Waals surface area contributed by atoms with Crippen molar-refractivity contribution in [3.63, 3.8) is 0 Å². The molecule has 0 spiro atoms. The van der Waals surface area contributed by atoms with Crippen molar-refractivity contribution in [1.82, 2.24) is 26.2 Å². The Hall–Kier alpha value is -2.27. The molecular formula is C33H53IN5O8S-. The van der Waals surface area contributed by atoms with Crippen LogP contribution in [0, 0.1) is 22.7 Å². The summed E-state index contributed by atoms with van der Waals surface area (Å²) in [6, 6.07) is -2.60. The van der Waals surface area contributed by atoms with E-state index in [2.05, 4.69) is 41.7 Å². The third kappa shape index (κ3) is 8.03. The van der Waals surface area contributed by atoms with E-state index in [9.17, 15) is 32.4 Å². The van der Waals surface area contributed by atoms with Gasteiger partial charge in [-0.25, -0.2) is 8.42 Å². The number of piperidine rings is 1. The number of fused-ring (bicyclic) bond motifs is 1.